The first-order valence-electron chi connectivity index (χ1n) is 7.06. The fraction of sp³-hybridized carbons (Fsp3) is 0.375. The summed E-state index contributed by atoms with van der Waals surface area (Å²) in [7, 11) is 0. The quantitative estimate of drug-likeness (QED) is 0.928. The highest BCUT2D eigenvalue weighted by Gasteiger charge is 2.44. The van der Waals surface area contributed by atoms with E-state index < -0.39 is 11.8 Å². The first kappa shape index (κ1) is 13.9. The van der Waals surface area contributed by atoms with E-state index in [9.17, 15) is 13.6 Å². The van der Waals surface area contributed by atoms with Crippen LogP contribution in [0.1, 0.15) is 25.7 Å². The van der Waals surface area contributed by atoms with Crippen molar-refractivity contribution in [3.05, 3.63) is 36.7 Å². The first-order chi connectivity index (χ1) is 10.0. The van der Waals surface area contributed by atoms with Gasteiger partial charge in [-0.3, -0.25) is 9.78 Å². The second-order valence-corrected chi connectivity index (χ2v) is 5.54. The van der Waals surface area contributed by atoms with Crippen LogP contribution in [-0.2, 0) is 4.79 Å². The maximum Gasteiger partial charge on any atom is 0.251 e. The molecular formula is C16H16F2N2O. The van der Waals surface area contributed by atoms with Gasteiger partial charge in [0.15, 0.2) is 0 Å². The van der Waals surface area contributed by atoms with Crippen molar-refractivity contribution in [2.24, 2.45) is 5.92 Å². The molecule has 1 amide bonds. The van der Waals surface area contributed by atoms with Gasteiger partial charge in [0.25, 0.3) is 5.92 Å². The second-order valence-electron chi connectivity index (χ2n) is 5.54. The third-order valence-corrected chi connectivity index (χ3v) is 4.02. The monoisotopic (exact) mass is 290 g/mol. The summed E-state index contributed by atoms with van der Waals surface area (Å²) in [4.78, 5) is 16.0. The Labute approximate surface area is 121 Å². The molecule has 1 saturated carbocycles. The molecule has 2 aromatic rings. The number of hydrogen-bond donors (Lipinski definition) is 1. The number of fused-ring (bicyclic) bond motifs is 1. The lowest BCUT2D eigenvalue weighted by Gasteiger charge is -2.18. The van der Waals surface area contributed by atoms with Crippen LogP contribution < -0.4 is 5.32 Å². The number of carbonyl (C=O) groups is 1. The van der Waals surface area contributed by atoms with Crippen LogP contribution in [-0.4, -0.2) is 16.8 Å². The number of hydrogen-bond acceptors (Lipinski definition) is 2. The Hall–Kier alpha value is -2.04. The topological polar surface area (TPSA) is 42.0 Å². The van der Waals surface area contributed by atoms with Gasteiger partial charge >= 0.3 is 0 Å². The number of nitrogens with one attached hydrogen (secondary N) is 1. The summed E-state index contributed by atoms with van der Waals surface area (Å²) >= 11 is 0. The minimum atomic E-state index is -2.70. The number of benzene rings is 1. The Kier molecular flexibility index (Phi) is 3.57. The highest BCUT2D eigenvalue weighted by atomic mass is 19.3. The molecule has 5 heteroatoms. The molecule has 1 aromatic carbocycles. The molecule has 0 aliphatic heterocycles. The molecule has 1 aromatic heterocycles. The van der Waals surface area contributed by atoms with Gasteiger partial charge < -0.3 is 5.32 Å². The van der Waals surface area contributed by atoms with Gasteiger partial charge in [0.1, 0.15) is 0 Å². The zero-order chi connectivity index (χ0) is 14.9. The van der Waals surface area contributed by atoms with Crippen molar-refractivity contribution in [1.29, 1.82) is 0 Å². The Balaban J connectivity index is 1.68. The number of pyridine rings is 1. The zero-order valence-corrected chi connectivity index (χ0v) is 11.5. The van der Waals surface area contributed by atoms with Crippen LogP contribution in [0.5, 0.6) is 0 Å². The van der Waals surface area contributed by atoms with E-state index in [0.29, 0.717) is 18.5 Å². The van der Waals surface area contributed by atoms with Crippen LogP contribution in [0.2, 0.25) is 0 Å². The molecule has 3 rings (SSSR count). The summed E-state index contributed by atoms with van der Waals surface area (Å²) in [6, 6.07) is 7.27. The molecule has 1 aliphatic rings. The lowest BCUT2D eigenvalue weighted by molar-refractivity contribution is -0.120. The molecule has 1 N–H and O–H groups in total. The summed E-state index contributed by atoms with van der Waals surface area (Å²) < 4.78 is 27.1. The standard InChI is InChI=1S/C16H16F2N2O/c17-16(18)6-1-2-13(16)9-15(21)20-14-4-3-12-10-19-7-5-11(12)8-14/h3-5,7-8,10,13H,1-2,6,9H2,(H,20,21). The minimum absolute atomic E-state index is 0.103. The van der Waals surface area contributed by atoms with Gasteiger partial charge in [0.05, 0.1) is 0 Å². The summed E-state index contributed by atoms with van der Waals surface area (Å²) in [5.74, 6) is -3.89. The SMILES string of the molecule is O=C(CC1CCCC1(F)F)Nc1ccc2cnccc2c1. The van der Waals surface area contributed by atoms with E-state index in [2.05, 4.69) is 10.3 Å². The number of carbonyl (C=O) groups excluding carboxylic acids is 1. The lowest BCUT2D eigenvalue weighted by Crippen LogP contribution is -2.26. The molecule has 0 radical (unpaired) electrons. The molecule has 0 bridgehead atoms. The highest BCUT2D eigenvalue weighted by Crippen LogP contribution is 2.42. The van der Waals surface area contributed by atoms with Gasteiger partial charge in [-0.25, -0.2) is 8.78 Å². The van der Waals surface area contributed by atoms with Gasteiger partial charge in [0.2, 0.25) is 5.91 Å². The van der Waals surface area contributed by atoms with E-state index in [1.54, 1.807) is 18.5 Å². The minimum Gasteiger partial charge on any atom is -0.326 e. The average Bonchev–Trinajstić information content (AvgIpc) is 2.77. The highest BCUT2D eigenvalue weighted by molar-refractivity contribution is 5.94. The van der Waals surface area contributed by atoms with Crippen molar-refractivity contribution in [2.75, 3.05) is 5.32 Å². The van der Waals surface area contributed by atoms with E-state index in [1.165, 1.54) is 0 Å². The van der Waals surface area contributed by atoms with Crippen LogP contribution in [0.4, 0.5) is 14.5 Å². The largest absolute Gasteiger partial charge is 0.326 e. The van der Waals surface area contributed by atoms with Crippen molar-refractivity contribution in [1.82, 2.24) is 4.98 Å². The lowest BCUT2D eigenvalue weighted by atomic mass is 10.0. The summed E-state index contributed by atoms with van der Waals surface area (Å²) in [6.07, 6.45) is 4.10. The Bertz CT molecular complexity index is 672. The second kappa shape index (κ2) is 5.39. The number of nitrogens with zero attached hydrogens (tertiary/aromatic N) is 1. The molecule has 110 valence electrons. The van der Waals surface area contributed by atoms with Gasteiger partial charge in [0, 0.05) is 42.2 Å². The Morgan fingerprint density at radius 3 is 2.95 bits per heavy atom. The van der Waals surface area contributed by atoms with E-state index in [-0.39, 0.29) is 18.7 Å². The van der Waals surface area contributed by atoms with E-state index in [1.807, 2.05) is 18.2 Å². The Morgan fingerprint density at radius 2 is 2.19 bits per heavy atom. The van der Waals surface area contributed by atoms with Crippen LogP contribution in [0.15, 0.2) is 36.7 Å². The fourth-order valence-electron chi connectivity index (χ4n) is 2.85. The summed E-state index contributed by atoms with van der Waals surface area (Å²) in [5, 5.41) is 4.63. The number of aromatic nitrogens is 1. The molecule has 1 heterocycles. The summed E-state index contributed by atoms with van der Waals surface area (Å²) in [5.41, 5.74) is 0.625. The average molecular weight is 290 g/mol. The molecule has 1 aliphatic carbocycles. The third kappa shape index (κ3) is 3.01. The van der Waals surface area contributed by atoms with Crippen LogP contribution >= 0.6 is 0 Å². The molecule has 0 spiro atoms. The molecule has 1 unspecified atom stereocenters. The zero-order valence-electron chi connectivity index (χ0n) is 11.5. The van der Waals surface area contributed by atoms with Crippen LogP contribution in [0.25, 0.3) is 10.8 Å². The predicted molar refractivity (Wildman–Crippen MR) is 77.3 cm³/mol. The maximum atomic E-state index is 13.5. The molecule has 3 nitrogen and oxygen atoms in total. The number of alkyl halides is 2. The van der Waals surface area contributed by atoms with E-state index in [4.69, 9.17) is 0 Å². The van der Waals surface area contributed by atoms with E-state index in [0.717, 1.165) is 10.8 Å². The molecule has 1 atom stereocenters. The third-order valence-electron chi connectivity index (χ3n) is 4.02. The van der Waals surface area contributed by atoms with Crippen molar-refractivity contribution in [3.63, 3.8) is 0 Å². The fourth-order valence-corrected chi connectivity index (χ4v) is 2.85. The first-order valence-corrected chi connectivity index (χ1v) is 7.06. The number of amides is 1. The van der Waals surface area contributed by atoms with Gasteiger partial charge in [-0.05, 0) is 36.4 Å². The van der Waals surface area contributed by atoms with Crippen LogP contribution in [0, 0.1) is 5.92 Å². The predicted octanol–water partition coefficient (Wildman–Crippen LogP) is 4.00. The number of rotatable bonds is 3. The molecule has 0 saturated heterocycles. The molecular weight excluding hydrogens is 274 g/mol. The van der Waals surface area contributed by atoms with E-state index >= 15 is 0 Å². The van der Waals surface area contributed by atoms with Gasteiger partial charge in [-0.1, -0.05) is 6.07 Å². The number of halogens is 2. The Morgan fingerprint density at radius 1 is 1.33 bits per heavy atom. The van der Waals surface area contributed by atoms with Crippen LogP contribution in [0.3, 0.4) is 0 Å². The normalized spacial score (nSPS) is 20.6. The van der Waals surface area contributed by atoms with Crippen molar-refractivity contribution in [3.8, 4) is 0 Å². The van der Waals surface area contributed by atoms with Gasteiger partial charge in [-0.15, -0.1) is 0 Å². The van der Waals surface area contributed by atoms with Crippen molar-refractivity contribution < 1.29 is 13.6 Å². The molecule has 1 fully saturated rings. The van der Waals surface area contributed by atoms with Crippen molar-refractivity contribution >= 4 is 22.4 Å². The maximum absolute atomic E-state index is 13.5. The number of anilines is 1. The van der Waals surface area contributed by atoms with Gasteiger partial charge in [-0.2, -0.15) is 0 Å². The molecule has 21 heavy (non-hydrogen) atoms. The van der Waals surface area contributed by atoms with Crippen molar-refractivity contribution in [2.45, 2.75) is 31.6 Å². The summed E-state index contributed by atoms with van der Waals surface area (Å²) in [6.45, 7) is 0. The smallest absolute Gasteiger partial charge is 0.251 e.